The summed E-state index contributed by atoms with van der Waals surface area (Å²) >= 11 is 0. The summed E-state index contributed by atoms with van der Waals surface area (Å²) in [6, 6.07) is 61.4. The molecule has 0 aliphatic heterocycles. The molecule has 5 heteroatoms. The van der Waals surface area contributed by atoms with Crippen molar-refractivity contribution in [1.82, 2.24) is 0 Å². The van der Waals surface area contributed by atoms with Crippen LogP contribution >= 0.6 is 0 Å². The van der Waals surface area contributed by atoms with Crippen LogP contribution in [0.3, 0.4) is 0 Å². The highest BCUT2D eigenvalue weighted by Gasteiger charge is 2.24. The number of carbonyl (C=O) groups is 1. The number of anilines is 6. The maximum Gasteiger partial charge on any atom is 0.193 e. The van der Waals surface area contributed by atoms with Crippen molar-refractivity contribution >= 4 is 39.9 Å². The summed E-state index contributed by atoms with van der Waals surface area (Å²) in [5.41, 5.74) is 8.65. The largest absolute Gasteiger partial charge is 0.488 e. The lowest BCUT2D eigenvalue weighted by Crippen LogP contribution is -2.31. The Labute approximate surface area is 356 Å². The van der Waals surface area contributed by atoms with Crippen LogP contribution in [0.2, 0.25) is 0 Å². The van der Waals surface area contributed by atoms with Crippen molar-refractivity contribution in [2.45, 2.75) is 78.2 Å². The maximum atomic E-state index is 13.3. The molecule has 7 aromatic rings. The van der Waals surface area contributed by atoms with Gasteiger partial charge in [-0.1, -0.05) is 102 Å². The van der Waals surface area contributed by atoms with E-state index in [0.29, 0.717) is 22.6 Å². The summed E-state index contributed by atoms with van der Waals surface area (Å²) in [5.74, 6) is 2.24. The zero-order valence-corrected chi connectivity index (χ0v) is 35.8. The standard InChI is InChI=1S/C55H56N2O3/c1-7-40-55(6,9-3)60-52-38-32-49(33-39-52)57(45-18-14-11-15-19-45)47-28-26-46(27-29-47)56(44-16-12-10-13-17-44)48-30-36-51(37-31-48)59-50-34-22-42(23-35-50)53(58)41-20-24-43(25-21-41)54(4,5)8-2/h10-39H,7-9,40H2,1-6H3. The Morgan fingerprint density at radius 3 is 1.22 bits per heavy atom. The van der Waals surface area contributed by atoms with Gasteiger partial charge in [0.15, 0.2) is 5.78 Å². The second-order valence-corrected chi connectivity index (χ2v) is 16.3. The first-order valence-electron chi connectivity index (χ1n) is 21.2. The highest BCUT2D eigenvalue weighted by atomic mass is 16.5. The third-order valence-electron chi connectivity index (χ3n) is 11.6. The Balaban J connectivity index is 1.10. The molecule has 304 valence electrons. The third-order valence-corrected chi connectivity index (χ3v) is 11.6. The van der Waals surface area contributed by atoms with E-state index < -0.39 is 0 Å². The molecular formula is C55H56N2O3. The fraction of sp³-hybridized carbons (Fsp3) is 0.218. The van der Waals surface area contributed by atoms with Gasteiger partial charge in [0.1, 0.15) is 22.8 Å². The average molecular weight is 793 g/mol. The molecule has 0 aromatic heterocycles. The molecule has 0 aliphatic carbocycles. The minimum absolute atomic E-state index is 0.00455. The van der Waals surface area contributed by atoms with Gasteiger partial charge in [-0.15, -0.1) is 0 Å². The van der Waals surface area contributed by atoms with E-state index in [1.54, 1.807) is 0 Å². The van der Waals surface area contributed by atoms with Gasteiger partial charge in [0, 0.05) is 45.3 Å². The van der Waals surface area contributed by atoms with Crippen molar-refractivity contribution in [3.8, 4) is 17.2 Å². The Kier molecular flexibility index (Phi) is 12.9. The monoisotopic (exact) mass is 792 g/mol. The normalized spacial score (nSPS) is 12.3. The van der Waals surface area contributed by atoms with Crippen LogP contribution in [0.25, 0.3) is 0 Å². The molecular weight excluding hydrogens is 737 g/mol. The van der Waals surface area contributed by atoms with Crippen LogP contribution in [-0.4, -0.2) is 11.4 Å². The number of hydrogen-bond acceptors (Lipinski definition) is 5. The number of ketones is 1. The first-order chi connectivity index (χ1) is 29.1. The van der Waals surface area contributed by atoms with Crippen LogP contribution in [0.1, 0.15) is 88.7 Å². The summed E-state index contributed by atoms with van der Waals surface area (Å²) in [4.78, 5) is 17.8. The van der Waals surface area contributed by atoms with Gasteiger partial charge in [0.05, 0.1) is 0 Å². The number of hydrogen-bond donors (Lipinski definition) is 0. The molecule has 0 bridgehead atoms. The predicted molar refractivity (Wildman–Crippen MR) is 250 cm³/mol. The molecule has 0 amide bonds. The van der Waals surface area contributed by atoms with Crippen molar-refractivity contribution in [3.05, 3.63) is 199 Å². The lowest BCUT2D eigenvalue weighted by atomic mass is 9.82. The zero-order valence-electron chi connectivity index (χ0n) is 35.8. The number of ether oxygens (including phenoxy) is 2. The van der Waals surface area contributed by atoms with E-state index in [9.17, 15) is 4.79 Å². The molecule has 0 radical (unpaired) electrons. The summed E-state index contributed by atoms with van der Waals surface area (Å²) in [6.45, 7) is 13.2. The van der Waals surface area contributed by atoms with Crippen molar-refractivity contribution < 1.29 is 14.3 Å². The van der Waals surface area contributed by atoms with Crippen LogP contribution < -0.4 is 19.3 Å². The van der Waals surface area contributed by atoms with E-state index in [-0.39, 0.29) is 16.8 Å². The molecule has 0 saturated carbocycles. The molecule has 1 atom stereocenters. The fourth-order valence-electron chi connectivity index (χ4n) is 7.49. The van der Waals surface area contributed by atoms with E-state index in [4.69, 9.17) is 9.47 Å². The van der Waals surface area contributed by atoms with E-state index in [2.05, 4.69) is 173 Å². The highest BCUT2D eigenvalue weighted by molar-refractivity contribution is 6.09. The first kappa shape index (κ1) is 41.6. The van der Waals surface area contributed by atoms with Gasteiger partial charge in [-0.25, -0.2) is 0 Å². The average Bonchev–Trinajstić information content (AvgIpc) is 3.29. The fourth-order valence-corrected chi connectivity index (χ4v) is 7.49. The van der Waals surface area contributed by atoms with Gasteiger partial charge in [-0.05, 0) is 158 Å². The summed E-state index contributed by atoms with van der Waals surface area (Å²) in [6.07, 6.45) is 4.08. The number of para-hydroxylation sites is 2. The van der Waals surface area contributed by atoms with Crippen molar-refractivity contribution in [1.29, 1.82) is 0 Å². The van der Waals surface area contributed by atoms with Gasteiger partial charge < -0.3 is 19.3 Å². The molecule has 5 nitrogen and oxygen atoms in total. The van der Waals surface area contributed by atoms with Crippen LogP contribution in [0.15, 0.2) is 182 Å². The molecule has 0 spiro atoms. The summed E-state index contributed by atoms with van der Waals surface area (Å²) in [5, 5.41) is 0. The molecule has 0 heterocycles. The van der Waals surface area contributed by atoms with Crippen LogP contribution in [-0.2, 0) is 5.41 Å². The molecule has 0 saturated heterocycles. The van der Waals surface area contributed by atoms with Gasteiger partial charge >= 0.3 is 0 Å². The highest BCUT2D eigenvalue weighted by Crippen LogP contribution is 2.40. The number of rotatable bonds is 17. The third kappa shape index (κ3) is 9.64. The van der Waals surface area contributed by atoms with Crippen LogP contribution in [0, 0.1) is 0 Å². The maximum absolute atomic E-state index is 13.3. The predicted octanol–water partition coefficient (Wildman–Crippen LogP) is 15.7. The lowest BCUT2D eigenvalue weighted by Gasteiger charge is -2.30. The van der Waals surface area contributed by atoms with Gasteiger partial charge in [0.25, 0.3) is 0 Å². The van der Waals surface area contributed by atoms with Gasteiger partial charge in [0.2, 0.25) is 0 Å². The number of carbonyl (C=O) groups excluding carboxylic acids is 1. The molecule has 7 rings (SSSR count). The molecule has 0 aliphatic rings. The van der Waals surface area contributed by atoms with Crippen molar-refractivity contribution in [2.75, 3.05) is 9.80 Å². The molecule has 0 fully saturated rings. The molecule has 7 aromatic carbocycles. The smallest absolute Gasteiger partial charge is 0.193 e. The SMILES string of the molecule is CCCC(C)(CC)Oc1ccc(N(c2ccccc2)c2ccc(N(c3ccccc3)c3ccc(Oc4ccc(C(=O)c5ccc(C(C)(C)CC)cc5)cc4)cc3)cc2)cc1. The van der Waals surface area contributed by atoms with Crippen LogP contribution in [0.4, 0.5) is 34.1 Å². The zero-order chi connectivity index (χ0) is 42.1. The topological polar surface area (TPSA) is 42.0 Å². The quantitative estimate of drug-likeness (QED) is 0.0859. The second kappa shape index (κ2) is 18.6. The summed E-state index contributed by atoms with van der Waals surface area (Å²) in [7, 11) is 0. The molecule has 60 heavy (non-hydrogen) atoms. The van der Waals surface area contributed by atoms with Gasteiger partial charge in [-0.3, -0.25) is 4.79 Å². The Morgan fingerprint density at radius 2 is 0.817 bits per heavy atom. The van der Waals surface area contributed by atoms with E-state index in [1.165, 1.54) is 5.56 Å². The minimum Gasteiger partial charge on any atom is -0.488 e. The van der Waals surface area contributed by atoms with E-state index >= 15 is 0 Å². The molecule has 1 unspecified atom stereocenters. The Morgan fingerprint density at radius 1 is 0.450 bits per heavy atom. The Bertz CT molecular complexity index is 2430. The van der Waals surface area contributed by atoms with E-state index in [0.717, 1.165) is 65.6 Å². The molecule has 0 N–H and O–H groups in total. The van der Waals surface area contributed by atoms with E-state index in [1.807, 2.05) is 60.7 Å². The second-order valence-electron chi connectivity index (χ2n) is 16.3. The first-order valence-corrected chi connectivity index (χ1v) is 21.2. The number of nitrogens with zero attached hydrogens (tertiary/aromatic N) is 2. The van der Waals surface area contributed by atoms with Crippen molar-refractivity contribution in [3.63, 3.8) is 0 Å². The Hall–Kier alpha value is -6.59. The van der Waals surface area contributed by atoms with Crippen molar-refractivity contribution in [2.24, 2.45) is 0 Å². The lowest BCUT2D eigenvalue weighted by molar-refractivity contribution is 0.0741. The van der Waals surface area contributed by atoms with Gasteiger partial charge in [-0.2, -0.15) is 0 Å². The minimum atomic E-state index is -0.182. The van der Waals surface area contributed by atoms with Crippen LogP contribution in [0.5, 0.6) is 17.2 Å². The number of benzene rings is 7. The summed E-state index contributed by atoms with van der Waals surface area (Å²) < 4.78 is 12.8.